The van der Waals surface area contributed by atoms with E-state index in [-0.39, 0.29) is 0 Å². The van der Waals surface area contributed by atoms with Crippen LogP contribution in [-0.2, 0) is 4.74 Å². The van der Waals surface area contributed by atoms with Crippen molar-refractivity contribution in [2.75, 3.05) is 39.9 Å². The maximum absolute atomic E-state index is 5.15. The molecule has 1 aliphatic rings. The molecule has 3 nitrogen and oxygen atoms in total. The van der Waals surface area contributed by atoms with Gasteiger partial charge in [-0.15, -0.1) is 0 Å². The molecule has 2 atom stereocenters. The Morgan fingerprint density at radius 1 is 1.50 bits per heavy atom. The van der Waals surface area contributed by atoms with Crippen LogP contribution in [0.5, 0.6) is 0 Å². The van der Waals surface area contributed by atoms with Gasteiger partial charge in [-0.3, -0.25) is 0 Å². The van der Waals surface area contributed by atoms with Crippen molar-refractivity contribution in [1.29, 1.82) is 0 Å². The Labute approximate surface area is 101 Å². The largest absolute Gasteiger partial charge is 0.383 e. The lowest BCUT2D eigenvalue weighted by molar-refractivity contribution is 0.104. The highest BCUT2D eigenvalue weighted by molar-refractivity contribution is 4.80. The highest BCUT2D eigenvalue weighted by atomic mass is 16.5. The van der Waals surface area contributed by atoms with Crippen LogP contribution in [0.3, 0.4) is 0 Å². The van der Waals surface area contributed by atoms with E-state index in [9.17, 15) is 0 Å². The van der Waals surface area contributed by atoms with E-state index in [0.717, 1.165) is 25.6 Å². The molecule has 0 aliphatic carbocycles. The second-order valence-corrected chi connectivity index (χ2v) is 4.94. The van der Waals surface area contributed by atoms with Crippen molar-refractivity contribution in [1.82, 2.24) is 10.2 Å². The molecule has 0 aromatic heterocycles. The first-order chi connectivity index (χ1) is 7.77. The molecule has 0 spiro atoms. The second kappa shape index (κ2) is 8.04. The number of nitrogens with zero attached hydrogens (tertiary/aromatic N) is 1. The fraction of sp³-hybridized carbons (Fsp3) is 1.00. The van der Waals surface area contributed by atoms with Crippen LogP contribution >= 0.6 is 0 Å². The summed E-state index contributed by atoms with van der Waals surface area (Å²) in [6, 6.07) is 0.658. The van der Waals surface area contributed by atoms with Crippen LogP contribution in [0, 0.1) is 5.92 Å². The summed E-state index contributed by atoms with van der Waals surface area (Å²) in [5, 5.41) is 3.62. The molecular weight excluding hydrogens is 200 g/mol. The van der Waals surface area contributed by atoms with Gasteiger partial charge in [0, 0.05) is 26.2 Å². The number of rotatable bonds is 7. The van der Waals surface area contributed by atoms with E-state index >= 15 is 0 Å². The summed E-state index contributed by atoms with van der Waals surface area (Å²) in [5.74, 6) is 0.817. The number of piperidine rings is 1. The van der Waals surface area contributed by atoms with Gasteiger partial charge in [0.15, 0.2) is 0 Å². The van der Waals surface area contributed by atoms with E-state index in [1.165, 1.54) is 32.4 Å². The third-order valence-corrected chi connectivity index (χ3v) is 3.58. The number of methoxy groups -OCH3 is 1. The molecule has 0 saturated carbocycles. The Balaban J connectivity index is 2.25. The molecule has 0 bridgehead atoms. The zero-order valence-electron chi connectivity index (χ0n) is 11.2. The highest BCUT2D eigenvalue weighted by Gasteiger charge is 2.23. The molecular formula is C13H28N2O. The van der Waals surface area contributed by atoms with Crippen molar-refractivity contribution in [2.24, 2.45) is 5.92 Å². The van der Waals surface area contributed by atoms with Gasteiger partial charge in [-0.05, 0) is 45.2 Å². The standard InChI is InChI=1S/C13H28N2O/c1-4-7-14-12(2)13-6-5-8-15(11-13)9-10-16-3/h12-14H,4-11H2,1-3H3. The van der Waals surface area contributed by atoms with Crippen LogP contribution < -0.4 is 5.32 Å². The summed E-state index contributed by atoms with van der Waals surface area (Å²) < 4.78 is 5.15. The maximum atomic E-state index is 5.15. The number of likely N-dealkylation sites (tertiary alicyclic amines) is 1. The fourth-order valence-corrected chi connectivity index (χ4v) is 2.46. The Bertz CT molecular complexity index is 169. The summed E-state index contributed by atoms with van der Waals surface area (Å²) in [4.78, 5) is 2.54. The summed E-state index contributed by atoms with van der Waals surface area (Å²) in [7, 11) is 1.78. The predicted molar refractivity (Wildman–Crippen MR) is 68.8 cm³/mol. The van der Waals surface area contributed by atoms with Crippen molar-refractivity contribution in [3.63, 3.8) is 0 Å². The first-order valence-corrected chi connectivity index (χ1v) is 6.72. The minimum atomic E-state index is 0.658. The van der Waals surface area contributed by atoms with E-state index in [2.05, 4.69) is 24.1 Å². The molecule has 1 heterocycles. The second-order valence-electron chi connectivity index (χ2n) is 4.94. The molecule has 1 rings (SSSR count). The van der Waals surface area contributed by atoms with Crippen molar-refractivity contribution >= 4 is 0 Å². The first-order valence-electron chi connectivity index (χ1n) is 6.72. The highest BCUT2D eigenvalue weighted by Crippen LogP contribution is 2.19. The van der Waals surface area contributed by atoms with E-state index in [0.29, 0.717) is 6.04 Å². The summed E-state index contributed by atoms with van der Waals surface area (Å²) in [5.41, 5.74) is 0. The van der Waals surface area contributed by atoms with Crippen LogP contribution in [0.15, 0.2) is 0 Å². The van der Waals surface area contributed by atoms with Crippen LogP contribution in [-0.4, -0.2) is 50.8 Å². The van der Waals surface area contributed by atoms with E-state index < -0.39 is 0 Å². The molecule has 0 amide bonds. The van der Waals surface area contributed by atoms with Crippen LogP contribution in [0.4, 0.5) is 0 Å². The summed E-state index contributed by atoms with van der Waals surface area (Å²) >= 11 is 0. The van der Waals surface area contributed by atoms with Gasteiger partial charge < -0.3 is 15.0 Å². The third kappa shape index (κ3) is 4.81. The molecule has 0 radical (unpaired) electrons. The summed E-state index contributed by atoms with van der Waals surface area (Å²) in [6.07, 6.45) is 3.94. The average Bonchev–Trinajstić information content (AvgIpc) is 2.33. The lowest BCUT2D eigenvalue weighted by Crippen LogP contribution is -2.45. The predicted octanol–water partition coefficient (Wildman–Crippen LogP) is 1.73. The molecule has 0 aromatic carbocycles. The molecule has 1 saturated heterocycles. The molecule has 1 N–H and O–H groups in total. The van der Waals surface area contributed by atoms with Gasteiger partial charge in [-0.1, -0.05) is 6.92 Å². The van der Waals surface area contributed by atoms with Gasteiger partial charge in [0.25, 0.3) is 0 Å². The SMILES string of the molecule is CCCNC(C)C1CCCN(CCOC)C1. The van der Waals surface area contributed by atoms with E-state index in [4.69, 9.17) is 4.74 Å². The third-order valence-electron chi connectivity index (χ3n) is 3.58. The minimum absolute atomic E-state index is 0.658. The zero-order chi connectivity index (χ0) is 11.8. The lowest BCUT2D eigenvalue weighted by Gasteiger charge is -2.36. The smallest absolute Gasteiger partial charge is 0.0589 e. The number of nitrogens with one attached hydrogen (secondary N) is 1. The van der Waals surface area contributed by atoms with Gasteiger partial charge in [-0.25, -0.2) is 0 Å². The van der Waals surface area contributed by atoms with Crippen LogP contribution in [0.25, 0.3) is 0 Å². The average molecular weight is 228 g/mol. The molecule has 16 heavy (non-hydrogen) atoms. The molecule has 2 unspecified atom stereocenters. The molecule has 96 valence electrons. The van der Waals surface area contributed by atoms with E-state index in [1.54, 1.807) is 7.11 Å². The Hall–Kier alpha value is -0.120. The molecule has 0 aromatic rings. The van der Waals surface area contributed by atoms with E-state index in [1.807, 2.05) is 0 Å². The van der Waals surface area contributed by atoms with Gasteiger partial charge in [0.05, 0.1) is 6.61 Å². The van der Waals surface area contributed by atoms with Gasteiger partial charge in [-0.2, -0.15) is 0 Å². The van der Waals surface area contributed by atoms with Crippen molar-refractivity contribution in [3.8, 4) is 0 Å². The van der Waals surface area contributed by atoms with Crippen molar-refractivity contribution < 1.29 is 4.74 Å². The minimum Gasteiger partial charge on any atom is -0.383 e. The zero-order valence-corrected chi connectivity index (χ0v) is 11.2. The molecule has 1 aliphatic heterocycles. The Morgan fingerprint density at radius 2 is 2.31 bits per heavy atom. The van der Waals surface area contributed by atoms with Gasteiger partial charge in [0.1, 0.15) is 0 Å². The van der Waals surface area contributed by atoms with Gasteiger partial charge in [0.2, 0.25) is 0 Å². The van der Waals surface area contributed by atoms with Crippen LogP contribution in [0.1, 0.15) is 33.1 Å². The van der Waals surface area contributed by atoms with Gasteiger partial charge >= 0.3 is 0 Å². The number of hydrogen-bond donors (Lipinski definition) is 1. The lowest BCUT2D eigenvalue weighted by atomic mass is 9.91. The number of ether oxygens (including phenoxy) is 1. The van der Waals surface area contributed by atoms with Crippen molar-refractivity contribution in [2.45, 2.75) is 39.2 Å². The maximum Gasteiger partial charge on any atom is 0.0589 e. The normalized spacial score (nSPS) is 24.6. The Morgan fingerprint density at radius 3 is 3.00 bits per heavy atom. The first kappa shape index (κ1) is 13.9. The van der Waals surface area contributed by atoms with Crippen molar-refractivity contribution in [3.05, 3.63) is 0 Å². The number of hydrogen-bond acceptors (Lipinski definition) is 3. The topological polar surface area (TPSA) is 24.5 Å². The fourth-order valence-electron chi connectivity index (χ4n) is 2.46. The Kier molecular flexibility index (Phi) is 7.01. The monoisotopic (exact) mass is 228 g/mol. The quantitative estimate of drug-likeness (QED) is 0.718. The molecule has 3 heteroatoms. The summed E-state index contributed by atoms with van der Waals surface area (Å²) in [6.45, 7) is 10.2. The molecule has 1 fully saturated rings. The van der Waals surface area contributed by atoms with Crippen LogP contribution in [0.2, 0.25) is 0 Å².